The van der Waals surface area contributed by atoms with Gasteiger partial charge in [-0.25, -0.2) is 13.4 Å². The van der Waals surface area contributed by atoms with Crippen LogP contribution in [0.1, 0.15) is 12.0 Å². The maximum Gasteiger partial charge on any atom is 0.244 e. The zero-order chi connectivity index (χ0) is 26.8. The quantitative estimate of drug-likeness (QED) is 0.341. The second kappa shape index (κ2) is 12.7. The van der Waals surface area contributed by atoms with Crippen molar-refractivity contribution in [2.45, 2.75) is 19.9 Å². The Morgan fingerprint density at radius 2 is 1.86 bits per heavy atom. The third-order valence-electron chi connectivity index (χ3n) is 5.00. The second-order valence-electron chi connectivity index (χ2n) is 8.27. The van der Waals surface area contributed by atoms with Crippen molar-refractivity contribution < 1.29 is 27.5 Å². The van der Waals surface area contributed by atoms with Gasteiger partial charge in [-0.1, -0.05) is 17.7 Å². The van der Waals surface area contributed by atoms with E-state index in [2.05, 4.69) is 20.1 Å². The molecule has 37 heavy (non-hydrogen) atoms. The van der Waals surface area contributed by atoms with Gasteiger partial charge >= 0.3 is 0 Å². The Kier molecular flexibility index (Phi) is 9.44. The van der Waals surface area contributed by atoms with E-state index < -0.39 is 10.0 Å². The van der Waals surface area contributed by atoms with Gasteiger partial charge in [-0.05, 0) is 31.2 Å². The number of carbonyl (C=O) groups excluding carboxylic acids is 2. The monoisotopic (exact) mass is 530 g/mol. The van der Waals surface area contributed by atoms with Crippen LogP contribution in [0.5, 0.6) is 11.5 Å². The molecule has 3 aromatic rings. The Hall–Kier alpha value is -4.13. The number of ether oxygens (including phenoxy) is 2. The number of amides is 2. The molecule has 0 aliphatic carbocycles. The second-order valence-corrected chi connectivity index (χ2v) is 10.0. The summed E-state index contributed by atoms with van der Waals surface area (Å²) < 4.78 is 37.8. The van der Waals surface area contributed by atoms with Crippen molar-refractivity contribution in [3.05, 3.63) is 60.6 Å². The van der Waals surface area contributed by atoms with Crippen LogP contribution in [-0.2, 0) is 26.2 Å². The fourth-order valence-electron chi connectivity index (χ4n) is 3.07. The van der Waals surface area contributed by atoms with Gasteiger partial charge in [-0.15, -0.1) is 0 Å². The minimum absolute atomic E-state index is 0.00103. The minimum Gasteiger partial charge on any atom is -0.492 e. The Bertz CT molecular complexity index is 1310. The summed E-state index contributed by atoms with van der Waals surface area (Å²) in [4.78, 5) is 30.2. The third-order valence-corrected chi connectivity index (χ3v) is 5.56. The van der Waals surface area contributed by atoms with Crippen molar-refractivity contribution in [3.8, 4) is 11.5 Å². The summed E-state index contributed by atoms with van der Waals surface area (Å²) in [5, 5.41) is 6.81. The Morgan fingerprint density at radius 1 is 1.11 bits per heavy atom. The van der Waals surface area contributed by atoms with Crippen LogP contribution in [0.15, 0.2) is 55.0 Å². The highest BCUT2D eigenvalue weighted by atomic mass is 32.2. The number of carbonyl (C=O) groups is 2. The number of sulfonamides is 1. The number of likely N-dealkylation sites (N-methyl/N-ethyl adjacent to an activating group) is 1. The van der Waals surface area contributed by atoms with Crippen LogP contribution in [0.25, 0.3) is 0 Å². The highest BCUT2D eigenvalue weighted by molar-refractivity contribution is 7.92. The molecule has 0 atom stereocenters. The largest absolute Gasteiger partial charge is 0.492 e. The first-order chi connectivity index (χ1) is 17.6. The van der Waals surface area contributed by atoms with E-state index >= 15 is 0 Å². The van der Waals surface area contributed by atoms with Gasteiger partial charge in [0.1, 0.15) is 18.9 Å². The smallest absolute Gasteiger partial charge is 0.244 e. The molecule has 13 heteroatoms. The Morgan fingerprint density at radius 3 is 2.59 bits per heavy atom. The van der Waals surface area contributed by atoms with E-state index in [4.69, 9.17) is 9.47 Å². The van der Waals surface area contributed by atoms with Crippen LogP contribution in [0, 0.1) is 6.92 Å². The fourth-order valence-corrected chi connectivity index (χ4v) is 3.57. The van der Waals surface area contributed by atoms with Gasteiger partial charge in [0.15, 0.2) is 11.6 Å². The average Bonchev–Trinajstić information content (AvgIpc) is 3.26. The van der Waals surface area contributed by atoms with Crippen molar-refractivity contribution in [2.75, 3.05) is 43.1 Å². The van der Waals surface area contributed by atoms with Crippen LogP contribution in [0.2, 0.25) is 0 Å². The van der Waals surface area contributed by atoms with Crippen LogP contribution in [0.4, 0.5) is 11.5 Å². The lowest BCUT2D eigenvalue weighted by molar-refractivity contribution is -0.131. The zero-order valence-electron chi connectivity index (χ0n) is 20.9. The van der Waals surface area contributed by atoms with Crippen LogP contribution in [0.3, 0.4) is 0 Å². The summed E-state index contributed by atoms with van der Waals surface area (Å²) in [7, 11) is -1.84. The number of nitrogens with one attached hydrogen (secondary N) is 2. The number of hydrogen-bond donors (Lipinski definition) is 2. The molecule has 0 aliphatic rings. The van der Waals surface area contributed by atoms with E-state index in [9.17, 15) is 18.0 Å². The molecular formula is C24H30N6O6S. The SMILES string of the molecule is Cc1ccc(OCCN(C)C(=O)Cn2cc(NC(=O)CCOc3cccnc3NS(C)(=O)=O)cn2)cc1. The van der Waals surface area contributed by atoms with Crippen molar-refractivity contribution in [1.82, 2.24) is 19.7 Å². The van der Waals surface area contributed by atoms with Crippen LogP contribution >= 0.6 is 0 Å². The predicted octanol–water partition coefficient (Wildman–Crippen LogP) is 1.90. The summed E-state index contributed by atoms with van der Waals surface area (Å²) in [5.74, 6) is 0.508. The van der Waals surface area contributed by atoms with Gasteiger partial charge in [0.2, 0.25) is 21.8 Å². The first-order valence-corrected chi connectivity index (χ1v) is 13.3. The zero-order valence-corrected chi connectivity index (χ0v) is 21.7. The molecule has 198 valence electrons. The maximum absolute atomic E-state index is 12.5. The number of aromatic nitrogens is 3. The molecule has 0 unspecified atom stereocenters. The first-order valence-electron chi connectivity index (χ1n) is 11.4. The molecule has 2 aromatic heterocycles. The van der Waals surface area contributed by atoms with E-state index in [0.29, 0.717) is 18.8 Å². The molecule has 0 fully saturated rings. The highest BCUT2D eigenvalue weighted by Crippen LogP contribution is 2.21. The normalized spacial score (nSPS) is 11.0. The molecule has 0 aliphatic heterocycles. The number of pyridine rings is 1. The van der Waals surface area contributed by atoms with Crippen molar-refractivity contribution in [2.24, 2.45) is 0 Å². The first kappa shape index (κ1) is 27.5. The third kappa shape index (κ3) is 9.44. The van der Waals surface area contributed by atoms with Crippen LogP contribution in [-0.4, -0.2) is 73.0 Å². The molecule has 0 bridgehead atoms. The van der Waals surface area contributed by atoms with Gasteiger partial charge in [0.25, 0.3) is 0 Å². The van der Waals surface area contributed by atoms with Gasteiger partial charge < -0.3 is 19.7 Å². The lowest BCUT2D eigenvalue weighted by Gasteiger charge is -2.17. The molecule has 12 nitrogen and oxygen atoms in total. The molecule has 3 rings (SSSR count). The lowest BCUT2D eigenvalue weighted by Crippen LogP contribution is -2.33. The molecule has 2 heterocycles. The fraction of sp³-hybridized carbons (Fsp3) is 0.333. The molecule has 2 N–H and O–H groups in total. The summed E-state index contributed by atoms with van der Waals surface area (Å²) in [6, 6.07) is 10.8. The number of rotatable bonds is 13. The van der Waals surface area contributed by atoms with E-state index in [1.165, 1.54) is 17.1 Å². The van der Waals surface area contributed by atoms with Crippen molar-refractivity contribution in [1.29, 1.82) is 0 Å². The van der Waals surface area contributed by atoms with E-state index in [0.717, 1.165) is 17.6 Å². The molecule has 1 aromatic carbocycles. The molecular weight excluding hydrogens is 500 g/mol. The summed E-state index contributed by atoms with van der Waals surface area (Å²) >= 11 is 0. The van der Waals surface area contributed by atoms with Gasteiger partial charge in [0, 0.05) is 19.4 Å². The topological polar surface area (TPSA) is 145 Å². The number of anilines is 2. The Labute approximate surface area is 215 Å². The summed E-state index contributed by atoms with van der Waals surface area (Å²) in [5.41, 5.74) is 1.58. The van der Waals surface area contributed by atoms with Crippen molar-refractivity contribution >= 4 is 33.3 Å². The van der Waals surface area contributed by atoms with Gasteiger partial charge in [-0.3, -0.25) is 19.0 Å². The van der Waals surface area contributed by atoms with Gasteiger partial charge in [-0.2, -0.15) is 5.10 Å². The molecule has 0 radical (unpaired) electrons. The predicted molar refractivity (Wildman–Crippen MR) is 138 cm³/mol. The summed E-state index contributed by atoms with van der Waals surface area (Å²) in [6.45, 7) is 2.78. The van der Waals surface area contributed by atoms with Crippen molar-refractivity contribution in [3.63, 3.8) is 0 Å². The number of aryl methyl sites for hydroxylation is 1. The van der Waals surface area contributed by atoms with E-state index in [1.54, 1.807) is 30.3 Å². The highest BCUT2D eigenvalue weighted by Gasteiger charge is 2.13. The lowest BCUT2D eigenvalue weighted by atomic mass is 10.2. The maximum atomic E-state index is 12.5. The number of benzene rings is 1. The molecule has 0 saturated carbocycles. The standard InChI is InChI=1S/C24H30N6O6S/c1-18-6-8-20(9-7-18)35-14-12-29(2)23(32)17-30-16-19(15-26-30)27-22(31)10-13-36-21-5-4-11-25-24(21)28-37(3,33)34/h4-9,11,15-16H,10,12-14,17H2,1-3H3,(H,25,28)(H,27,31). The number of hydrogen-bond acceptors (Lipinski definition) is 8. The molecule has 0 spiro atoms. The molecule has 2 amide bonds. The van der Waals surface area contributed by atoms with E-state index in [-0.39, 0.29) is 43.0 Å². The average molecular weight is 531 g/mol. The number of nitrogens with zero attached hydrogens (tertiary/aromatic N) is 4. The summed E-state index contributed by atoms with van der Waals surface area (Å²) in [6.07, 6.45) is 5.43. The molecule has 0 saturated heterocycles. The Balaban J connectivity index is 1.40. The van der Waals surface area contributed by atoms with Crippen LogP contribution < -0.4 is 19.5 Å². The van der Waals surface area contributed by atoms with Gasteiger partial charge in [0.05, 0.1) is 37.7 Å². The van der Waals surface area contributed by atoms with E-state index in [1.807, 2.05) is 31.2 Å². The minimum atomic E-state index is -3.53.